The zero-order valence-electron chi connectivity index (χ0n) is 12.3. The largest absolute Gasteiger partial charge is 0.493 e. The summed E-state index contributed by atoms with van der Waals surface area (Å²) < 4.78 is 10.9. The minimum atomic E-state index is -1.33. The van der Waals surface area contributed by atoms with Crippen LogP contribution in [0.25, 0.3) is 11.1 Å². The van der Waals surface area contributed by atoms with Gasteiger partial charge in [-0.25, -0.2) is 4.79 Å². The lowest BCUT2D eigenvalue weighted by molar-refractivity contribution is -0.152. The smallest absolute Gasteiger partial charge is 0.347 e. The van der Waals surface area contributed by atoms with Crippen molar-refractivity contribution in [3.63, 3.8) is 0 Å². The van der Waals surface area contributed by atoms with Crippen LogP contribution in [0.4, 0.5) is 0 Å². The van der Waals surface area contributed by atoms with Crippen molar-refractivity contribution in [1.29, 1.82) is 0 Å². The molecule has 0 atom stereocenters. The quantitative estimate of drug-likeness (QED) is 0.912. The van der Waals surface area contributed by atoms with Gasteiger partial charge in [-0.2, -0.15) is 0 Å². The second-order valence-electron chi connectivity index (χ2n) is 5.15. The Morgan fingerprint density at radius 1 is 1.00 bits per heavy atom. The predicted octanol–water partition coefficient (Wildman–Crippen LogP) is 3.60. The number of hydrogen-bond acceptors (Lipinski definition) is 3. The highest BCUT2D eigenvalue weighted by atomic mass is 16.5. The zero-order valence-corrected chi connectivity index (χ0v) is 12.3. The summed E-state index contributed by atoms with van der Waals surface area (Å²) in [6.07, 6.45) is 0. The lowest BCUT2D eigenvalue weighted by Crippen LogP contribution is -2.38. The summed E-state index contributed by atoms with van der Waals surface area (Å²) >= 11 is 0. The van der Waals surface area contributed by atoms with E-state index in [4.69, 9.17) is 9.47 Å². The number of carboxylic acid groups (broad SMARTS) is 1. The SMILES string of the molecule is COc1ccc(-c2ccccc2)cc1OC(C)(C)C(=O)O. The molecule has 0 amide bonds. The third kappa shape index (κ3) is 3.34. The fourth-order valence-corrected chi connectivity index (χ4v) is 1.89. The van der Waals surface area contributed by atoms with Crippen LogP contribution < -0.4 is 9.47 Å². The maximum atomic E-state index is 11.2. The van der Waals surface area contributed by atoms with Gasteiger partial charge in [0.15, 0.2) is 17.1 Å². The van der Waals surface area contributed by atoms with E-state index in [1.165, 1.54) is 21.0 Å². The fraction of sp³-hybridized carbons (Fsp3) is 0.235. The number of aliphatic carboxylic acids is 1. The van der Waals surface area contributed by atoms with E-state index in [-0.39, 0.29) is 0 Å². The summed E-state index contributed by atoms with van der Waals surface area (Å²) in [5.74, 6) is -0.120. The highest BCUT2D eigenvalue weighted by Crippen LogP contribution is 2.34. The van der Waals surface area contributed by atoms with Gasteiger partial charge in [-0.15, -0.1) is 0 Å². The number of ether oxygens (including phenoxy) is 2. The normalized spacial score (nSPS) is 11.0. The molecule has 0 radical (unpaired) electrons. The van der Waals surface area contributed by atoms with Crippen molar-refractivity contribution in [1.82, 2.24) is 0 Å². The van der Waals surface area contributed by atoms with Crippen molar-refractivity contribution >= 4 is 5.97 Å². The molecular formula is C17H18O4. The van der Waals surface area contributed by atoms with Gasteiger partial charge in [0.1, 0.15) is 0 Å². The van der Waals surface area contributed by atoms with Crippen LogP contribution in [0.3, 0.4) is 0 Å². The number of carbonyl (C=O) groups is 1. The Morgan fingerprint density at radius 3 is 2.24 bits per heavy atom. The van der Waals surface area contributed by atoms with E-state index in [9.17, 15) is 9.90 Å². The molecule has 21 heavy (non-hydrogen) atoms. The first-order valence-corrected chi connectivity index (χ1v) is 6.60. The van der Waals surface area contributed by atoms with Gasteiger partial charge < -0.3 is 14.6 Å². The first kappa shape index (κ1) is 14.9. The van der Waals surface area contributed by atoms with Crippen molar-refractivity contribution in [2.75, 3.05) is 7.11 Å². The monoisotopic (exact) mass is 286 g/mol. The molecule has 0 saturated carbocycles. The van der Waals surface area contributed by atoms with Crippen molar-refractivity contribution in [3.05, 3.63) is 48.5 Å². The number of benzene rings is 2. The Balaban J connectivity index is 2.42. The molecule has 1 N–H and O–H groups in total. The van der Waals surface area contributed by atoms with Crippen LogP contribution in [0.5, 0.6) is 11.5 Å². The molecule has 0 aliphatic carbocycles. The molecule has 2 rings (SSSR count). The summed E-state index contributed by atoms with van der Waals surface area (Å²) in [6.45, 7) is 3.01. The highest BCUT2D eigenvalue weighted by molar-refractivity contribution is 5.77. The van der Waals surface area contributed by atoms with Gasteiger partial charge in [-0.05, 0) is 37.1 Å². The molecule has 0 aliphatic heterocycles. The molecule has 0 fully saturated rings. The molecule has 110 valence electrons. The molecule has 4 heteroatoms. The van der Waals surface area contributed by atoms with Crippen molar-refractivity contribution in [3.8, 4) is 22.6 Å². The van der Waals surface area contributed by atoms with Gasteiger partial charge in [0, 0.05) is 0 Å². The van der Waals surface area contributed by atoms with Crippen LogP contribution in [0.15, 0.2) is 48.5 Å². The first-order valence-electron chi connectivity index (χ1n) is 6.60. The Bertz CT molecular complexity index is 632. The van der Waals surface area contributed by atoms with Crippen molar-refractivity contribution in [2.45, 2.75) is 19.4 Å². The lowest BCUT2D eigenvalue weighted by Gasteiger charge is -2.23. The molecule has 0 saturated heterocycles. The average molecular weight is 286 g/mol. The molecule has 0 aromatic heterocycles. The Labute approximate surface area is 123 Å². The first-order chi connectivity index (χ1) is 9.94. The van der Waals surface area contributed by atoms with E-state index < -0.39 is 11.6 Å². The summed E-state index contributed by atoms with van der Waals surface area (Å²) in [5.41, 5.74) is 0.633. The van der Waals surface area contributed by atoms with Crippen molar-refractivity contribution in [2.24, 2.45) is 0 Å². The number of carboxylic acids is 1. The van der Waals surface area contributed by atoms with E-state index in [1.54, 1.807) is 12.1 Å². The standard InChI is InChI=1S/C17H18O4/c1-17(2,16(18)19)21-15-11-13(9-10-14(15)20-3)12-7-5-4-6-8-12/h4-11H,1-3H3,(H,18,19). The van der Waals surface area contributed by atoms with Gasteiger partial charge in [0.05, 0.1) is 7.11 Å². The minimum absolute atomic E-state index is 0.409. The van der Waals surface area contributed by atoms with Crippen LogP contribution >= 0.6 is 0 Å². The van der Waals surface area contributed by atoms with Gasteiger partial charge in [-0.3, -0.25) is 0 Å². The van der Waals surface area contributed by atoms with Crippen LogP contribution in [-0.4, -0.2) is 23.8 Å². The van der Waals surface area contributed by atoms with Gasteiger partial charge in [-0.1, -0.05) is 36.4 Å². The highest BCUT2D eigenvalue weighted by Gasteiger charge is 2.30. The molecule has 0 aliphatic rings. The van der Waals surface area contributed by atoms with Gasteiger partial charge >= 0.3 is 5.97 Å². The molecule has 2 aromatic carbocycles. The van der Waals surface area contributed by atoms with Crippen molar-refractivity contribution < 1.29 is 19.4 Å². The molecule has 0 bridgehead atoms. The van der Waals surface area contributed by atoms with E-state index in [0.717, 1.165) is 11.1 Å². The number of methoxy groups -OCH3 is 1. The summed E-state index contributed by atoms with van der Waals surface area (Å²) in [6, 6.07) is 15.3. The van der Waals surface area contributed by atoms with E-state index in [2.05, 4.69) is 0 Å². The Morgan fingerprint density at radius 2 is 1.67 bits per heavy atom. The average Bonchev–Trinajstić information content (AvgIpc) is 2.47. The minimum Gasteiger partial charge on any atom is -0.493 e. The molecule has 0 heterocycles. The predicted molar refractivity (Wildman–Crippen MR) is 80.8 cm³/mol. The molecule has 0 spiro atoms. The fourth-order valence-electron chi connectivity index (χ4n) is 1.89. The summed E-state index contributed by atoms with van der Waals surface area (Å²) in [5, 5.41) is 9.19. The Kier molecular flexibility index (Phi) is 4.17. The third-order valence-corrected chi connectivity index (χ3v) is 3.15. The third-order valence-electron chi connectivity index (χ3n) is 3.15. The molecule has 0 unspecified atom stereocenters. The molecular weight excluding hydrogens is 268 g/mol. The van der Waals surface area contributed by atoms with Gasteiger partial charge in [0.2, 0.25) is 0 Å². The van der Waals surface area contributed by atoms with Crippen LogP contribution in [0.1, 0.15) is 13.8 Å². The van der Waals surface area contributed by atoms with Crippen LogP contribution in [0.2, 0.25) is 0 Å². The second kappa shape index (κ2) is 5.87. The van der Waals surface area contributed by atoms with E-state index in [1.807, 2.05) is 36.4 Å². The van der Waals surface area contributed by atoms with E-state index >= 15 is 0 Å². The molecule has 4 nitrogen and oxygen atoms in total. The summed E-state index contributed by atoms with van der Waals surface area (Å²) in [7, 11) is 1.53. The lowest BCUT2D eigenvalue weighted by atomic mass is 10.0. The van der Waals surface area contributed by atoms with Crippen LogP contribution in [0, 0.1) is 0 Å². The zero-order chi connectivity index (χ0) is 15.5. The van der Waals surface area contributed by atoms with Crippen LogP contribution in [-0.2, 0) is 4.79 Å². The number of rotatable bonds is 5. The second-order valence-corrected chi connectivity index (χ2v) is 5.15. The maximum absolute atomic E-state index is 11.2. The maximum Gasteiger partial charge on any atom is 0.347 e. The number of hydrogen-bond donors (Lipinski definition) is 1. The molecule has 2 aromatic rings. The topological polar surface area (TPSA) is 55.8 Å². The van der Waals surface area contributed by atoms with E-state index in [0.29, 0.717) is 11.5 Å². The summed E-state index contributed by atoms with van der Waals surface area (Å²) in [4.78, 5) is 11.2. The Hall–Kier alpha value is -2.49. The van der Waals surface area contributed by atoms with Gasteiger partial charge in [0.25, 0.3) is 0 Å².